The molecule has 2 unspecified atom stereocenters. The molecule has 0 N–H and O–H groups in total. The van der Waals surface area contributed by atoms with Crippen LogP contribution in [0.4, 0.5) is 10.1 Å². The molecule has 0 bridgehead atoms. The van der Waals surface area contributed by atoms with Crippen LogP contribution in [0.5, 0.6) is 0 Å². The van der Waals surface area contributed by atoms with Crippen LogP contribution in [0, 0.1) is 5.82 Å². The van der Waals surface area contributed by atoms with Gasteiger partial charge in [0.1, 0.15) is 9.88 Å². The Balaban J connectivity index is 1.80. The minimum absolute atomic E-state index is 0.0481. The van der Waals surface area contributed by atoms with Gasteiger partial charge in [0, 0.05) is 32.7 Å². The van der Waals surface area contributed by atoms with E-state index >= 15 is 4.39 Å². The summed E-state index contributed by atoms with van der Waals surface area (Å²) < 4.78 is 26.5. The van der Waals surface area contributed by atoms with Gasteiger partial charge in [-0.15, -0.1) is 11.3 Å². The molecular weight excluding hydrogens is 411 g/mol. The van der Waals surface area contributed by atoms with Crippen molar-refractivity contribution < 1.29 is 23.2 Å². The Morgan fingerprint density at radius 3 is 2.67 bits per heavy atom. The van der Waals surface area contributed by atoms with Crippen molar-refractivity contribution in [1.29, 1.82) is 0 Å². The van der Waals surface area contributed by atoms with Crippen molar-refractivity contribution >= 4 is 40.2 Å². The zero-order valence-electron chi connectivity index (χ0n) is 17.0. The number of morpholine rings is 1. The number of ether oxygens (including phenoxy) is 1. The molecule has 8 nitrogen and oxygen atoms in total. The molecule has 2 aromatic heterocycles. The number of aromatic nitrogens is 2. The molecule has 1 saturated heterocycles. The summed E-state index contributed by atoms with van der Waals surface area (Å²) >= 11 is 1.13. The Morgan fingerprint density at radius 2 is 2.03 bits per heavy atom. The maximum Gasteiger partial charge on any atom is 0.265 e. The molecule has 0 saturated carbocycles. The molecule has 158 valence electrons. The molecule has 2 atom stereocenters. The Labute approximate surface area is 176 Å². The Morgan fingerprint density at radius 1 is 1.33 bits per heavy atom. The third-order valence-electron chi connectivity index (χ3n) is 4.90. The van der Waals surface area contributed by atoms with Crippen molar-refractivity contribution in [2.24, 2.45) is 0 Å². The first kappa shape index (κ1) is 20.4. The number of carbonyl (C=O) groups excluding carboxylic acids is 2. The van der Waals surface area contributed by atoms with E-state index in [1.165, 1.54) is 11.1 Å². The van der Waals surface area contributed by atoms with Crippen LogP contribution >= 0.6 is 11.3 Å². The second kappa shape index (κ2) is 7.77. The van der Waals surface area contributed by atoms with E-state index in [4.69, 9.17) is 9.26 Å². The second-order valence-corrected chi connectivity index (χ2v) is 8.58. The fourth-order valence-electron chi connectivity index (χ4n) is 3.68. The fourth-order valence-corrected chi connectivity index (χ4v) is 4.61. The van der Waals surface area contributed by atoms with Gasteiger partial charge in [-0.25, -0.2) is 9.37 Å². The molecule has 1 fully saturated rings. The van der Waals surface area contributed by atoms with Crippen molar-refractivity contribution in [2.45, 2.75) is 26.1 Å². The third kappa shape index (κ3) is 3.46. The van der Waals surface area contributed by atoms with Crippen LogP contribution in [0.15, 0.2) is 16.8 Å². The Hall–Kier alpha value is -2.85. The maximum atomic E-state index is 15.5. The van der Waals surface area contributed by atoms with E-state index in [9.17, 15) is 9.59 Å². The third-order valence-corrected chi connectivity index (χ3v) is 5.89. The highest BCUT2D eigenvalue weighted by molar-refractivity contribution is 7.17. The number of halogens is 1. The lowest BCUT2D eigenvalue weighted by atomic mass is 10.1. The lowest BCUT2D eigenvalue weighted by Gasteiger charge is -2.37. The first-order chi connectivity index (χ1) is 14.3. The van der Waals surface area contributed by atoms with Gasteiger partial charge < -0.3 is 19.1 Å². The summed E-state index contributed by atoms with van der Waals surface area (Å²) in [5, 5.41) is 4.74. The van der Waals surface area contributed by atoms with Crippen LogP contribution in [0.2, 0.25) is 0 Å². The molecule has 30 heavy (non-hydrogen) atoms. The van der Waals surface area contributed by atoms with E-state index in [0.29, 0.717) is 40.3 Å². The Kier molecular flexibility index (Phi) is 5.29. The standard InChI is InChI=1S/C20H21FN4O4S/c1-10-7-25(8-11(2)28-10)17-12(9-26)5-13-16(23-29-18(13)15(17)21)19-22-6-14(30-19)20(27)24(3)4/h5-6,9-11H,7-8H2,1-4H3. The SMILES string of the molecule is CC1CN(c2c(C=O)cc3c(-c4ncc(C(=O)N(C)C)s4)noc3c2F)CC(C)O1. The number of fused-ring (bicyclic) bond motifs is 1. The summed E-state index contributed by atoms with van der Waals surface area (Å²) in [6.07, 6.45) is 1.88. The zero-order chi connectivity index (χ0) is 21.6. The minimum Gasteiger partial charge on any atom is -0.372 e. The molecule has 0 aliphatic carbocycles. The fraction of sp³-hybridized carbons (Fsp3) is 0.400. The number of rotatable bonds is 4. The van der Waals surface area contributed by atoms with Crippen LogP contribution in [0.1, 0.15) is 33.9 Å². The Bertz CT molecular complexity index is 1120. The highest BCUT2D eigenvalue weighted by atomic mass is 32.1. The van der Waals surface area contributed by atoms with Crippen molar-refractivity contribution in [3.8, 4) is 10.7 Å². The van der Waals surface area contributed by atoms with Crippen LogP contribution in [-0.4, -0.2) is 66.6 Å². The van der Waals surface area contributed by atoms with E-state index < -0.39 is 5.82 Å². The number of benzene rings is 1. The van der Waals surface area contributed by atoms with Crippen molar-refractivity contribution in [3.05, 3.63) is 28.5 Å². The van der Waals surface area contributed by atoms with E-state index in [0.717, 1.165) is 11.3 Å². The normalized spacial score (nSPS) is 19.3. The van der Waals surface area contributed by atoms with Gasteiger partial charge in [-0.05, 0) is 19.9 Å². The van der Waals surface area contributed by atoms with Crippen LogP contribution < -0.4 is 4.90 Å². The van der Waals surface area contributed by atoms with E-state index in [-0.39, 0.29) is 34.9 Å². The molecular formula is C20H21FN4O4S. The van der Waals surface area contributed by atoms with Crippen molar-refractivity contribution in [3.63, 3.8) is 0 Å². The molecule has 3 aromatic rings. The monoisotopic (exact) mass is 432 g/mol. The van der Waals surface area contributed by atoms with Gasteiger partial charge in [0.15, 0.2) is 17.8 Å². The molecule has 1 amide bonds. The van der Waals surface area contributed by atoms with E-state index in [1.807, 2.05) is 13.8 Å². The van der Waals surface area contributed by atoms with Gasteiger partial charge in [0.2, 0.25) is 5.58 Å². The molecule has 10 heteroatoms. The molecule has 1 aliphatic rings. The zero-order valence-corrected chi connectivity index (χ0v) is 17.8. The summed E-state index contributed by atoms with van der Waals surface area (Å²) in [5.74, 6) is -0.833. The number of thiazole rings is 1. The smallest absolute Gasteiger partial charge is 0.265 e. The van der Waals surface area contributed by atoms with Gasteiger partial charge in [0.05, 0.1) is 29.5 Å². The predicted octanol–water partition coefficient (Wildman–Crippen LogP) is 3.22. The summed E-state index contributed by atoms with van der Waals surface area (Å²) in [6.45, 7) is 4.72. The summed E-state index contributed by atoms with van der Waals surface area (Å²) in [5.41, 5.74) is 0.634. The van der Waals surface area contributed by atoms with Gasteiger partial charge in [-0.3, -0.25) is 9.59 Å². The summed E-state index contributed by atoms with van der Waals surface area (Å²) in [4.78, 5) is 31.9. The van der Waals surface area contributed by atoms with Gasteiger partial charge in [-0.1, -0.05) is 5.16 Å². The minimum atomic E-state index is -0.643. The first-order valence-electron chi connectivity index (χ1n) is 9.45. The number of nitrogens with zero attached hydrogens (tertiary/aromatic N) is 4. The average molecular weight is 432 g/mol. The lowest BCUT2D eigenvalue weighted by molar-refractivity contribution is -0.00543. The van der Waals surface area contributed by atoms with E-state index in [1.54, 1.807) is 25.1 Å². The van der Waals surface area contributed by atoms with Crippen molar-refractivity contribution in [1.82, 2.24) is 15.0 Å². The first-order valence-corrected chi connectivity index (χ1v) is 10.3. The average Bonchev–Trinajstić information content (AvgIpc) is 3.33. The largest absolute Gasteiger partial charge is 0.372 e. The summed E-state index contributed by atoms with van der Waals surface area (Å²) in [6, 6.07) is 1.56. The van der Waals surface area contributed by atoms with Crippen LogP contribution in [0.3, 0.4) is 0 Å². The number of aldehydes is 1. The molecule has 0 radical (unpaired) electrons. The summed E-state index contributed by atoms with van der Waals surface area (Å²) in [7, 11) is 3.29. The van der Waals surface area contributed by atoms with Crippen molar-refractivity contribution in [2.75, 3.05) is 32.1 Å². The number of amides is 1. The topological polar surface area (TPSA) is 88.8 Å². The second-order valence-electron chi connectivity index (χ2n) is 7.55. The van der Waals surface area contributed by atoms with Crippen LogP contribution in [0.25, 0.3) is 21.7 Å². The number of hydrogen-bond donors (Lipinski definition) is 0. The van der Waals surface area contributed by atoms with Gasteiger partial charge in [0.25, 0.3) is 5.91 Å². The highest BCUT2D eigenvalue weighted by Crippen LogP contribution is 2.38. The molecule has 0 spiro atoms. The van der Waals surface area contributed by atoms with Gasteiger partial charge >= 0.3 is 0 Å². The lowest BCUT2D eigenvalue weighted by Crippen LogP contribution is -2.46. The maximum absolute atomic E-state index is 15.5. The molecule has 3 heterocycles. The molecule has 4 rings (SSSR count). The number of carbonyl (C=O) groups is 2. The van der Waals surface area contributed by atoms with Crippen LogP contribution in [-0.2, 0) is 4.74 Å². The molecule has 1 aliphatic heterocycles. The highest BCUT2D eigenvalue weighted by Gasteiger charge is 2.30. The predicted molar refractivity (Wildman–Crippen MR) is 111 cm³/mol. The molecule has 1 aromatic carbocycles. The number of anilines is 1. The number of hydrogen-bond acceptors (Lipinski definition) is 8. The van der Waals surface area contributed by atoms with Gasteiger partial charge in [-0.2, -0.15) is 0 Å². The quantitative estimate of drug-likeness (QED) is 0.585. The van der Waals surface area contributed by atoms with E-state index in [2.05, 4.69) is 10.1 Å².